The predicted molar refractivity (Wildman–Crippen MR) is 108 cm³/mol. The second-order valence-electron chi connectivity index (χ2n) is 5.57. The number of furan rings is 1. The lowest BCUT2D eigenvalue weighted by molar-refractivity contribution is -0.137. The number of thiocarbonyl (C=S) groups is 2. The first-order valence-corrected chi connectivity index (χ1v) is 10.6. The number of carbonyl (C=O) groups excluding carboxylic acids is 1. The Morgan fingerprint density at radius 2 is 1.97 bits per heavy atom. The van der Waals surface area contributed by atoms with E-state index in [4.69, 9.17) is 33.4 Å². The molecular formula is C15H9F3N2O5S4. The normalized spacial score (nSPS) is 17.7. The van der Waals surface area contributed by atoms with E-state index in [0.29, 0.717) is 0 Å². The van der Waals surface area contributed by atoms with E-state index >= 15 is 0 Å². The van der Waals surface area contributed by atoms with Gasteiger partial charge in [-0.2, -0.15) is 21.6 Å². The van der Waals surface area contributed by atoms with E-state index in [1.807, 2.05) is 0 Å². The molecule has 14 heteroatoms. The fourth-order valence-corrected chi connectivity index (χ4v) is 4.48. The van der Waals surface area contributed by atoms with Crippen molar-refractivity contribution in [3.8, 4) is 0 Å². The molecule has 29 heavy (non-hydrogen) atoms. The summed E-state index contributed by atoms with van der Waals surface area (Å²) in [4.78, 5) is 13.6. The van der Waals surface area contributed by atoms with Gasteiger partial charge >= 0.3 is 16.3 Å². The van der Waals surface area contributed by atoms with Crippen LogP contribution in [0.5, 0.6) is 0 Å². The van der Waals surface area contributed by atoms with E-state index < -0.39 is 38.1 Å². The zero-order valence-electron chi connectivity index (χ0n) is 13.8. The van der Waals surface area contributed by atoms with Gasteiger partial charge < -0.3 is 9.73 Å². The summed E-state index contributed by atoms with van der Waals surface area (Å²) in [6, 6.07) is 6.28. The molecule has 0 radical (unpaired) electrons. The maximum atomic E-state index is 12.9. The number of nitrogens with zero attached hydrogens (tertiary/aromatic N) is 1. The summed E-state index contributed by atoms with van der Waals surface area (Å²) in [6.45, 7) is 0. The van der Waals surface area contributed by atoms with Gasteiger partial charge in [0.15, 0.2) is 5.88 Å². The lowest BCUT2D eigenvalue weighted by Crippen LogP contribution is -2.36. The number of benzene rings is 1. The Bertz CT molecular complexity index is 1110. The van der Waals surface area contributed by atoms with Gasteiger partial charge in [-0.05, 0) is 18.2 Å². The van der Waals surface area contributed by atoms with Crippen LogP contribution >= 0.6 is 36.2 Å². The third kappa shape index (κ3) is 4.61. The highest BCUT2D eigenvalue weighted by Gasteiger charge is 2.41. The van der Waals surface area contributed by atoms with Gasteiger partial charge in [0.1, 0.15) is 14.6 Å². The van der Waals surface area contributed by atoms with Gasteiger partial charge in [0.25, 0.3) is 5.91 Å². The Labute approximate surface area is 177 Å². The van der Waals surface area contributed by atoms with Crippen LogP contribution in [0.1, 0.15) is 5.56 Å². The van der Waals surface area contributed by atoms with Crippen molar-refractivity contribution in [2.24, 2.45) is 0 Å². The first-order valence-electron chi connectivity index (χ1n) is 7.48. The molecule has 3 rings (SSSR count). The SMILES string of the molecule is O=C1C(C(=S)Nc2ccc(S(=O)(=O)O)o2)SC(=S)N1c1cccc(C(F)(F)F)c1. The zero-order chi connectivity index (χ0) is 21.6. The quantitative estimate of drug-likeness (QED) is 0.499. The number of anilines is 2. The summed E-state index contributed by atoms with van der Waals surface area (Å²) in [7, 11) is -4.56. The molecule has 1 saturated heterocycles. The van der Waals surface area contributed by atoms with E-state index in [1.165, 1.54) is 12.1 Å². The molecular weight excluding hydrogens is 473 g/mol. The minimum Gasteiger partial charge on any atom is -0.426 e. The van der Waals surface area contributed by atoms with E-state index in [1.54, 1.807) is 0 Å². The van der Waals surface area contributed by atoms with Gasteiger partial charge in [-0.1, -0.05) is 42.3 Å². The molecule has 1 fully saturated rings. The molecule has 0 bridgehead atoms. The van der Waals surface area contributed by atoms with Crippen molar-refractivity contribution in [3.05, 3.63) is 42.0 Å². The Hall–Kier alpha value is -2.00. The molecule has 2 aromatic rings. The third-order valence-corrected chi connectivity index (χ3v) is 6.34. The molecule has 0 aliphatic carbocycles. The van der Waals surface area contributed by atoms with Crippen molar-refractivity contribution in [1.82, 2.24) is 0 Å². The highest BCUT2D eigenvalue weighted by Crippen LogP contribution is 2.36. The Balaban J connectivity index is 1.80. The maximum absolute atomic E-state index is 12.9. The monoisotopic (exact) mass is 482 g/mol. The second kappa shape index (κ2) is 7.68. The largest absolute Gasteiger partial charge is 0.426 e. The number of rotatable bonds is 4. The standard InChI is InChI=1S/C15H9F3N2O5S4/c16-15(17,18)7-2-1-3-8(6-7)20-13(21)11(28-14(20)27)12(26)19-9-4-5-10(25-9)29(22,23)24/h1-6,11H,(H,19,26)(H,22,23,24). The van der Waals surface area contributed by atoms with E-state index in [9.17, 15) is 26.4 Å². The number of halogens is 3. The van der Waals surface area contributed by atoms with Gasteiger partial charge in [-0.3, -0.25) is 14.2 Å². The second-order valence-corrected chi connectivity index (χ2v) is 9.10. The molecule has 0 saturated carbocycles. The molecule has 1 aliphatic rings. The average molecular weight is 483 g/mol. The Kier molecular flexibility index (Phi) is 5.75. The number of carbonyl (C=O) groups is 1. The van der Waals surface area contributed by atoms with Crippen molar-refractivity contribution in [3.63, 3.8) is 0 Å². The number of hydrogen-bond donors (Lipinski definition) is 2. The number of amides is 1. The van der Waals surface area contributed by atoms with Gasteiger partial charge in [0.2, 0.25) is 5.09 Å². The van der Waals surface area contributed by atoms with Crippen LogP contribution in [0.3, 0.4) is 0 Å². The molecule has 2 N–H and O–H groups in total. The van der Waals surface area contributed by atoms with Crippen LogP contribution in [0.4, 0.5) is 24.7 Å². The summed E-state index contributed by atoms with van der Waals surface area (Å²) in [6.07, 6.45) is -4.59. The molecule has 1 aliphatic heterocycles. The molecule has 2 heterocycles. The van der Waals surface area contributed by atoms with Crippen LogP contribution in [-0.4, -0.2) is 33.4 Å². The minimum atomic E-state index is -4.59. The highest BCUT2D eigenvalue weighted by atomic mass is 32.2. The topological polar surface area (TPSA) is 99.8 Å². The summed E-state index contributed by atoms with van der Waals surface area (Å²) < 4.78 is 74.7. The number of thioether (sulfide) groups is 1. The lowest BCUT2D eigenvalue weighted by Gasteiger charge is -2.17. The van der Waals surface area contributed by atoms with Crippen LogP contribution in [0.15, 0.2) is 45.9 Å². The molecule has 7 nitrogen and oxygen atoms in total. The highest BCUT2D eigenvalue weighted by molar-refractivity contribution is 8.25. The van der Waals surface area contributed by atoms with Crippen LogP contribution < -0.4 is 10.2 Å². The fraction of sp³-hybridized carbons (Fsp3) is 0.133. The average Bonchev–Trinajstić information content (AvgIpc) is 3.18. The predicted octanol–water partition coefficient (Wildman–Crippen LogP) is 3.72. The minimum absolute atomic E-state index is 0.00143. The molecule has 1 aromatic heterocycles. The number of nitrogens with one attached hydrogen (secondary N) is 1. The third-order valence-electron chi connectivity index (χ3n) is 3.60. The molecule has 1 amide bonds. The molecule has 1 atom stereocenters. The zero-order valence-corrected chi connectivity index (χ0v) is 17.1. The molecule has 1 unspecified atom stereocenters. The number of alkyl halides is 3. The first kappa shape index (κ1) is 21.7. The maximum Gasteiger partial charge on any atom is 0.416 e. The van der Waals surface area contributed by atoms with Crippen molar-refractivity contribution in [2.75, 3.05) is 10.2 Å². The first-order chi connectivity index (χ1) is 13.4. The smallest absolute Gasteiger partial charge is 0.416 e. The van der Waals surface area contributed by atoms with Crippen LogP contribution in [0.2, 0.25) is 0 Å². The van der Waals surface area contributed by atoms with E-state index in [-0.39, 0.29) is 20.9 Å². The van der Waals surface area contributed by atoms with Crippen LogP contribution in [0, 0.1) is 0 Å². The summed E-state index contributed by atoms with van der Waals surface area (Å²) in [5.74, 6) is -0.821. The van der Waals surface area contributed by atoms with Gasteiger partial charge in [0.05, 0.1) is 11.3 Å². The van der Waals surface area contributed by atoms with Crippen molar-refractivity contribution < 1.29 is 35.4 Å². The van der Waals surface area contributed by atoms with Crippen LogP contribution in [-0.2, 0) is 21.1 Å². The van der Waals surface area contributed by atoms with Gasteiger partial charge in [0, 0.05) is 12.1 Å². The molecule has 1 aromatic carbocycles. The summed E-state index contributed by atoms with van der Waals surface area (Å²) in [5, 5.41) is 0.725. The summed E-state index contributed by atoms with van der Waals surface area (Å²) in [5.41, 5.74) is -0.993. The Morgan fingerprint density at radius 3 is 2.55 bits per heavy atom. The van der Waals surface area contributed by atoms with E-state index in [0.717, 1.165) is 40.9 Å². The lowest BCUT2D eigenvalue weighted by atomic mass is 10.2. The van der Waals surface area contributed by atoms with Crippen molar-refractivity contribution in [1.29, 1.82) is 0 Å². The summed E-state index contributed by atoms with van der Waals surface area (Å²) >= 11 is 11.1. The molecule has 154 valence electrons. The fourth-order valence-electron chi connectivity index (χ4n) is 2.34. The van der Waals surface area contributed by atoms with Crippen molar-refractivity contribution >= 4 is 73.1 Å². The molecule has 0 spiro atoms. The Morgan fingerprint density at radius 1 is 1.28 bits per heavy atom. The van der Waals surface area contributed by atoms with Crippen molar-refractivity contribution in [2.45, 2.75) is 16.5 Å². The van der Waals surface area contributed by atoms with Gasteiger partial charge in [-0.25, -0.2) is 0 Å². The van der Waals surface area contributed by atoms with E-state index in [2.05, 4.69) is 5.32 Å². The number of hydrogen-bond acceptors (Lipinski definition) is 7. The van der Waals surface area contributed by atoms with Gasteiger partial charge in [-0.15, -0.1) is 0 Å². The van der Waals surface area contributed by atoms with Crippen LogP contribution in [0.25, 0.3) is 0 Å².